The maximum atomic E-state index is 11.8. The maximum absolute atomic E-state index is 11.8. The Hall–Kier alpha value is -2.11. The van der Waals surface area contributed by atoms with Crippen molar-refractivity contribution < 1.29 is 14.7 Å². The summed E-state index contributed by atoms with van der Waals surface area (Å²) in [7, 11) is 1.75. The molecule has 1 saturated heterocycles. The highest BCUT2D eigenvalue weighted by molar-refractivity contribution is 5.89. The van der Waals surface area contributed by atoms with Crippen LogP contribution in [-0.2, 0) is 11.2 Å². The summed E-state index contributed by atoms with van der Waals surface area (Å²) < 4.78 is 0. The van der Waals surface area contributed by atoms with Crippen LogP contribution in [0.3, 0.4) is 0 Å². The van der Waals surface area contributed by atoms with Gasteiger partial charge in [0.15, 0.2) is 0 Å². The molecule has 2 rings (SSSR count). The van der Waals surface area contributed by atoms with Crippen LogP contribution in [0.2, 0.25) is 0 Å². The maximum Gasteiger partial charge on any atom is 0.335 e. The molecule has 19 heavy (non-hydrogen) atoms. The first-order chi connectivity index (χ1) is 9.01. The third-order valence-corrected chi connectivity index (χ3v) is 3.24. The van der Waals surface area contributed by atoms with Gasteiger partial charge in [-0.05, 0) is 25.0 Å². The number of carboxylic acids is 1. The van der Waals surface area contributed by atoms with Crippen LogP contribution >= 0.6 is 0 Å². The molecule has 0 bridgehead atoms. The van der Waals surface area contributed by atoms with Crippen molar-refractivity contribution in [2.24, 2.45) is 0 Å². The predicted octanol–water partition coefficient (Wildman–Crippen LogP) is 0.985. The monoisotopic (exact) mass is 263 g/mol. The molecular formula is C13H17N3O3. The molecular weight excluding hydrogens is 246 g/mol. The number of pyridine rings is 1. The van der Waals surface area contributed by atoms with E-state index in [-0.39, 0.29) is 17.5 Å². The molecule has 6 nitrogen and oxygen atoms in total. The SMILES string of the molecule is CCc1cc(C(=O)O)cc(NC2CCN(C)C2=O)n1. The van der Waals surface area contributed by atoms with Crippen LogP contribution < -0.4 is 5.32 Å². The van der Waals surface area contributed by atoms with Gasteiger partial charge in [0.25, 0.3) is 0 Å². The molecule has 1 atom stereocenters. The molecule has 1 fully saturated rings. The molecule has 0 radical (unpaired) electrons. The number of hydrogen-bond donors (Lipinski definition) is 2. The van der Waals surface area contributed by atoms with Crippen LogP contribution in [0.1, 0.15) is 29.4 Å². The van der Waals surface area contributed by atoms with E-state index in [0.29, 0.717) is 30.9 Å². The minimum Gasteiger partial charge on any atom is -0.478 e. The lowest BCUT2D eigenvalue weighted by Gasteiger charge is -2.14. The first-order valence-electron chi connectivity index (χ1n) is 6.27. The van der Waals surface area contributed by atoms with E-state index in [1.54, 1.807) is 18.0 Å². The van der Waals surface area contributed by atoms with E-state index in [1.165, 1.54) is 6.07 Å². The fourth-order valence-electron chi connectivity index (χ4n) is 2.10. The van der Waals surface area contributed by atoms with Crippen LogP contribution in [-0.4, -0.2) is 46.5 Å². The fraction of sp³-hybridized carbons (Fsp3) is 0.462. The highest BCUT2D eigenvalue weighted by Crippen LogP contribution is 2.17. The molecule has 2 N–H and O–H groups in total. The van der Waals surface area contributed by atoms with Crippen molar-refractivity contribution in [1.29, 1.82) is 0 Å². The minimum atomic E-state index is -0.991. The van der Waals surface area contributed by atoms with Crippen molar-refractivity contribution in [3.63, 3.8) is 0 Å². The quantitative estimate of drug-likeness (QED) is 0.846. The molecule has 1 aliphatic rings. The zero-order valence-electron chi connectivity index (χ0n) is 11.0. The van der Waals surface area contributed by atoms with Crippen molar-refractivity contribution in [3.05, 3.63) is 23.4 Å². The lowest BCUT2D eigenvalue weighted by atomic mass is 10.2. The van der Waals surface area contributed by atoms with Gasteiger partial charge in [-0.3, -0.25) is 4.79 Å². The number of likely N-dealkylation sites (N-methyl/N-ethyl adjacent to an activating group) is 1. The number of rotatable bonds is 4. The van der Waals surface area contributed by atoms with Crippen molar-refractivity contribution in [1.82, 2.24) is 9.88 Å². The zero-order valence-corrected chi connectivity index (χ0v) is 11.0. The lowest BCUT2D eigenvalue weighted by Crippen LogP contribution is -2.31. The Morgan fingerprint density at radius 1 is 1.58 bits per heavy atom. The summed E-state index contributed by atoms with van der Waals surface area (Å²) in [6.45, 7) is 2.61. The number of carboxylic acid groups (broad SMARTS) is 1. The smallest absolute Gasteiger partial charge is 0.335 e. The lowest BCUT2D eigenvalue weighted by molar-refractivity contribution is -0.127. The summed E-state index contributed by atoms with van der Waals surface area (Å²) in [4.78, 5) is 28.8. The van der Waals surface area contributed by atoms with Gasteiger partial charge < -0.3 is 15.3 Å². The number of carbonyl (C=O) groups excluding carboxylic acids is 1. The topological polar surface area (TPSA) is 82.5 Å². The van der Waals surface area contributed by atoms with Gasteiger partial charge in [0.05, 0.1) is 5.56 Å². The molecule has 102 valence electrons. The number of amides is 1. The van der Waals surface area contributed by atoms with E-state index in [2.05, 4.69) is 10.3 Å². The van der Waals surface area contributed by atoms with Crippen LogP contribution in [0.5, 0.6) is 0 Å². The van der Waals surface area contributed by atoms with Gasteiger partial charge in [-0.2, -0.15) is 0 Å². The molecule has 1 unspecified atom stereocenters. The second kappa shape index (κ2) is 5.26. The van der Waals surface area contributed by atoms with Gasteiger partial charge in [0, 0.05) is 19.3 Å². The first-order valence-corrected chi connectivity index (χ1v) is 6.27. The van der Waals surface area contributed by atoms with E-state index in [4.69, 9.17) is 5.11 Å². The number of carbonyl (C=O) groups is 2. The number of nitrogens with zero attached hydrogens (tertiary/aromatic N) is 2. The van der Waals surface area contributed by atoms with E-state index in [9.17, 15) is 9.59 Å². The van der Waals surface area contributed by atoms with E-state index < -0.39 is 5.97 Å². The minimum absolute atomic E-state index is 0.0144. The number of aryl methyl sites for hydroxylation is 1. The molecule has 0 spiro atoms. The molecule has 0 aliphatic carbocycles. The van der Waals surface area contributed by atoms with E-state index in [1.807, 2.05) is 6.92 Å². The largest absolute Gasteiger partial charge is 0.478 e. The molecule has 0 saturated carbocycles. The highest BCUT2D eigenvalue weighted by Gasteiger charge is 2.29. The average molecular weight is 263 g/mol. The molecule has 0 aromatic carbocycles. The zero-order chi connectivity index (χ0) is 14.0. The van der Waals surface area contributed by atoms with Gasteiger partial charge in [-0.1, -0.05) is 6.92 Å². The van der Waals surface area contributed by atoms with Gasteiger partial charge in [-0.25, -0.2) is 9.78 Å². The van der Waals surface area contributed by atoms with Crippen molar-refractivity contribution in [2.75, 3.05) is 18.9 Å². The van der Waals surface area contributed by atoms with Gasteiger partial charge >= 0.3 is 5.97 Å². The van der Waals surface area contributed by atoms with Crippen molar-refractivity contribution >= 4 is 17.7 Å². The summed E-state index contributed by atoms with van der Waals surface area (Å²) in [5.41, 5.74) is 0.884. The number of hydrogen-bond acceptors (Lipinski definition) is 4. The van der Waals surface area contributed by atoms with Gasteiger partial charge in [-0.15, -0.1) is 0 Å². The number of nitrogens with one attached hydrogen (secondary N) is 1. The van der Waals surface area contributed by atoms with E-state index in [0.717, 1.165) is 0 Å². The van der Waals surface area contributed by atoms with Crippen molar-refractivity contribution in [3.8, 4) is 0 Å². The number of aromatic carboxylic acids is 1. The van der Waals surface area contributed by atoms with Crippen LogP contribution in [0.25, 0.3) is 0 Å². The Balaban J connectivity index is 2.22. The summed E-state index contributed by atoms with van der Waals surface area (Å²) in [6.07, 6.45) is 1.35. The second-order valence-electron chi connectivity index (χ2n) is 4.64. The van der Waals surface area contributed by atoms with Gasteiger partial charge in [0.1, 0.15) is 11.9 Å². The fourth-order valence-corrected chi connectivity index (χ4v) is 2.10. The number of likely N-dealkylation sites (tertiary alicyclic amines) is 1. The molecule has 2 heterocycles. The Labute approximate surface area is 111 Å². The number of anilines is 1. The Morgan fingerprint density at radius 2 is 2.32 bits per heavy atom. The average Bonchev–Trinajstić information content (AvgIpc) is 2.70. The van der Waals surface area contributed by atoms with Gasteiger partial charge in [0.2, 0.25) is 5.91 Å². The van der Waals surface area contributed by atoms with Crippen LogP contribution in [0.4, 0.5) is 5.82 Å². The second-order valence-corrected chi connectivity index (χ2v) is 4.64. The molecule has 1 aliphatic heterocycles. The van der Waals surface area contributed by atoms with E-state index >= 15 is 0 Å². The summed E-state index contributed by atoms with van der Waals surface area (Å²) >= 11 is 0. The first kappa shape index (κ1) is 13.3. The van der Waals surface area contributed by atoms with Crippen LogP contribution in [0.15, 0.2) is 12.1 Å². The summed E-state index contributed by atoms with van der Waals surface area (Å²) in [5.74, 6) is -0.527. The summed E-state index contributed by atoms with van der Waals surface area (Å²) in [6, 6.07) is 2.70. The molecule has 1 aromatic heterocycles. The summed E-state index contributed by atoms with van der Waals surface area (Å²) in [5, 5.41) is 12.1. The Bertz CT molecular complexity index is 516. The van der Waals surface area contributed by atoms with Crippen molar-refractivity contribution in [2.45, 2.75) is 25.8 Å². The Morgan fingerprint density at radius 3 is 2.84 bits per heavy atom. The third-order valence-electron chi connectivity index (χ3n) is 3.24. The molecule has 6 heteroatoms. The van der Waals surface area contributed by atoms with Crippen LogP contribution in [0, 0.1) is 0 Å². The molecule has 1 amide bonds. The number of aromatic nitrogens is 1. The molecule has 1 aromatic rings. The normalized spacial score (nSPS) is 18.7. The Kier molecular flexibility index (Phi) is 3.69. The predicted molar refractivity (Wildman–Crippen MR) is 70.2 cm³/mol. The third kappa shape index (κ3) is 2.83. The standard InChI is InChI=1S/C13H17N3O3/c1-3-9-6-8(13(18)19)7-11(14-9)15-10-4-5-16(2)12(10)17/h6-7,10H,3-5H2,1-2H3,(H,14,15)(H,18,19). The highest BCUT2D eigenvalue weighted by atomic mass is 16.4.